The second kappa shape index (κ2) is 7.46. The minimum Gasteiger partial charge on any atom is -0.506 e. The van der Waals surface area contributed by atoms with Gasteiger partial charge in [-0.2, -0.15) is 8.42 Å². The Kier molecular flexibility index (Phi) is 5.25. The zero-order chi connectivity index (χ0) is 19.6. The van der Waals surface area contributed by atoms with Gasteiger partial charge < -0.3 is 5.11 Å². The van der Waals surface area contributed by atoms with Gasteiger partial charge in [0.2, 0.25) is 0 Å². The third-order valence-electron chi connectivity index (χ3n) is 4.45. The molecule has 0 spiro atoms. The summed E-state index contributed by atoms with van der Waals surface area (Å²) in [4.78, 5) is -0.469. The molecule has 0 fully saturated rings. The van der Waals surface area contributed by atoms with Gasteiger partial charge in [0, 0.05) is 29.8 Å². The molecule has 0 aliphatic heterocycles. The molecule has 3 rings (SSSR count). The van der Waals surface area contributed by atoms with Crippen LogP contribution >= 0.6 is 0 Å². The summed E-state index contributed by atoms with van der Waals surface area (Å²) in [6.45, 7) is 5.02. The van der Waals surface area contributed by atoms with Gasteiger partial charge in [0.05, 0.1) is 0 Å². The maximum absolute atomic E-state index is 11.4. The zero-order valence-corrected chi connectivity index (χ0v) is 16.0. The first-order valence-corrected chi connectivity index (χ1v) is 10.0. The molecule has 0 radical (unpaired) electrons. The monoisotopic (exact) mass is 386 g/mol. The van der Waals surface area contributed by atoms with E-state index in [1.807, 2.05) is 41.5 Å². The maximum Gasteiger partial charge on any atom is 0.298 e. The van der Waals surface area contributed by atoms with E-state index in [1.165, 1.54) is 6.07 Å². The molecule has 2 heterocycles. The van der Waals surface area contributed by atoms with E-state index in [2.05, 4.69) is 23.6 Å². The van der Waals surface area contributed by atoms with Gasteiger partial charge in [-0.1, -0.05) is 0 Å². The van der Waals surface area contributed by atoms with E-state index in [9.17, 15) is 18.1 Å². The number of aromatic hydroxyl groups is 1. The van der Waals surface area contributed by atoms with Crippen molar-refractivity contribution in [2.24, 2.45) is 0 Å². The highest BCUT2D eigenvalue weighted by Gasteiger charge is 2.19. The number of pyridine rings is 2. The molecule has 0 unspecified atom stereocenters. The van der Waals surface area contributed by atoms with Crippen LogP contribution in [0.4, 0.5) is 0 Å². The molecule has 2 N–H and O–H groups in total. The van der Waals surface area contributed by atoms with Gasteiger partial charge in [-0.3, -0.25) is 4.55 Å². The minimum absolute atomic E-state index is 0.394. The molecule has 6 nitrogen and oxygen atoms in total. The SMILES string of the molecule is CC[n+]1ccc(-c2cc[n+](Cc3cc(C)c(O)c(S(=O)(=O)O)c3)cc2)cc1. The van der Waals surface area contributed by atoms with Gasteiger partial charge in [-0.05, 0) is 42.7 Å². The van der Waals surface area contributed by atoms with Gasteiger partial charge in [-0.15, -0.1) is 0 Å². The van der Waals surface area contributed by atoms with Gasteiger partial charge in [0.1, 0.15) is 17.2 Å². The van der Waals surface area contributed by atoms with Crippen molar-refractivity contribution in [2.45, 2.75) is 31.8 Å². The molecule has 140 valence electrons. The standard InChI is InChI=1S/C20H20N2O4S/c1-3-21-8-4-17(5-9-21)18-6-10-22(11-7-18)14-16-12-15(2)20(23)19(13-16)27(24,25)26/h4-13H,3,14H2,1-2H3/p+2. The van der Waals surface area contributed by atoms with Crippen LogP contribution in [0.2, 0.25) is 0 Å². The second-order valence-electron chi connectivity index (χ2n) is 6.41. The van der Waals surface area contributed by atoms with E-state index in [0.717, 1.165) is 17.7 Å². The Balaban J connectivity index is 1.85. The lowest BCUT2D eigenvalue weighted by Crippen LogP contribution is -2.33. The molecule has 0 bridgehead atoms. The maximum atomic E-state index is 11.4. The number of aryl methyl sites for hydroxylation is 2. The molecular formula is C20H22N2O4S+2. The lowest BCUT2D eigenvalue weighted by atomic mass is 10.1. The van der Waals surface area contributed by atoms with E-state index in [4.69, 9.17) is 0 Å². The van der Waals surface area contributed by atoms with Crippen molar-refractivity contribution in [3.8, 4) is 16.9 Å². The first-order valence-electron chi connectivity index (χ1n) is 8.56. The summed E-state index contributed by atoms with van der Waals surface area (Å²) in [6.07, 6.45) is 7.88. The Hall–Kier alpha value is -2.77. The van der Waals surface area contributed by atoms with Gasteiger partial charge in [0.25, 0.3) is 10.1 Å². The number of phenolic OH excluding ortho intramolecular Hbond substituents is 1. The average Bonchev–Trinajstić information content (AvgIpc) is 2.64. The fourth-order valence-electron chi connectivity index (χ4n) is 2.93. The Morgan fingerprint density at radius 3 is 1.93 bits per heavy atom. The van der Waals surface area contributed by atoms with Crippen LogP contribution in [-0.4, -0.2) is 18.1 Å². The van der Waals surface area contributed by atoms with Crippen molar-refractivity contribution in [2.75, 3.05) is 0 Å². The normalized spacial score (nSPS) is 11.5. The van der Waals surface area contributed by atoms with Gasteiger partial charge >= 0.3 is 0 Å². The molecule has 0 aliphatic carbocycles. The van der Waals surface area contributed by atoms with Crippen LogP contribution in [0, 0.1) is 6.92 Å². The van der Waals surface area contributed by atoms with Crippen molar-refractivity contribution < 1.29 is 27.2 Å². The Morgan fingerprint density at radius 2 is 1.44 bits per heavy atom. The molecule has 0 amide bonds. The summed E-state index contributed by atoms with van der Waals surface area (Å²) in [5.41, 5.74) is 3.25. The Bertz CT molecular complexity index is 1060. The summed E-state index contributed by atoms with van der Waals surface area (Å²) >= 11 is 0. The summed E-state index contributed by atoms with van der Waals surface area (Å²) in [5.74, 6) is -0.421. The van der Waals surface area contributed by atoms with Crippen molar-refractivity contribution >= 4 is 10.1 Å². The van der Waals surface area contributed by atoms with Crippen molar-refractivity contribution in [3.05, 3.63) is 72.3 Å². The molecule has 1 aromatic carbocycles. The van der Waals surface area contributed by atoms with Crippen LogP contribution in [0.15, 0.2) is 66.1 Å². The summed E-state index contributed by atoms with van der Waals surface area (Å²) < 4.78 is 36.2. The molecule has 0 atom stereocenters. The van der Waals surface area contributed by atoms with Gasteiger partial charge in [-0.25, -0.2) is 9.13 Å². The highest BCUT2D eigenvalue weighted by molar-refractivity contribution is 7.86. The van der Waals surface area contributed by atoms with E-state index in [-0.39, 0.29) is 0 Å². The molecular weight excluding hydrogens is 364 g/mol. The number of nitrogens with zero attached hydrogens (tertiary/aromatic N) is 2. The molecule has 27 heavy (non-hydrogen) atoms. The predicted octanol–water partition coefficient (Wildman–Crippen LogP) is 2.26. The first kappa shape index (κ1) is 19.0. The zero-order valence-electron chi connectivity index (χ0n) is 15.2. The Morgan fingerprint density at radius 1 is 0.926 bits per heavy atom. The largest absolute Gasteiger partial charge is 0.506 e. The lowest BCUT2D eigenvalue weighted by molar-refractivity contribution is -0.693. The van der Waals surface area contributed by atoms with Crippen LogP contribution < -0.4 is 9.13 Å². The van der Waals surface area contributed by atoms with E-state index >= 15 is 0 Å². The third kappa shape index (κ3) is 4.32. The smallest absolute Gasteiger partial charge is 0.298 e. The number of rotatable bonds is 5. The third-order valence-corrected chi connectivity index (χ3v) is 5.32. The fourth-order valence-corrected chi connectivity index (χ4v) is 3.64. The first-order chi connectivity index (χ1) is 12.8. The summed E-state index contributed by atoms with van der Waals surface area (Å²) in [5, 5.41) is 9.88. The second-order valence-corrected chi connectivity index (χ2v) is 7.80. The number of aromatic nitrogens is 2. The highest BCUT2D eigenvalue weighted by atomic mass is 32.2. The summed E-state index contributed by atoms with van der Waals surface area (Å²) in [6, 6.07) is 11.1. The molecule has 3 aromatic rings. The quantitative estimate of drug-likeness (QED) is 0.521. The molecule has 0 aliphatic rings. The summed E-state index contributed by atoms with van der Waals surface area (Å²) in [7, 11) is -4.48. The molecule has 2 aromatic heterocycles. The number of benzene rings is 1. The van der Waals surface area contributed by atoms with Crippen LogP contribution in [0.5, 0.6) is 5.75 Å². The van der Waals surface area contributed by atoms with E-state index in [1.54, 1.807) is 13.0 Å². The Labute approximate surface area is 158 Å². The van der Waals surface area contributed by atoms with E-state index in [0.29, 0.717) is 17.7 Å². The van der Waals surface area contributed by atoms with E-state index < -0.39 is 20.8 Å². The minimum atomic E-state index is -4.48. The van der Waals surface area contributed by atoms with Crippen LogP contribution in [0.3, 0.4) is 0 Å². The number of hydrogen-bond donors (Lipinski definition) is 2. The molecule has 0 saturated carbocycles. The fraction of sp³-hybridized carbons (Fsp3) is 0.200. The van der Waals surface area contributed by atoms with Crippen LogP contribution in [0.1, 0.15) is 18.1 Å². The highest BCUT2D eigenvalue weighted by Crippen LogP contribution is 2.28. The van der Waals surface area contributed by atoms with Crippen molar-refractivity contribution in [1.29, 1.82) is 0 Å². The number of phenols is 1. The molecule has 7 heteroatoms. The predicted molar refractivity (Wildman–Crippen MR) is 99.7 cm³/mol. The topological polar surface area (TPSA) is 82.4 Å². The van der Waals surface area contributed by atoms with Crippen LogP contribution in [-0.2, 0) is 23.2 Å². The number of hydrogen-bond acceptors (Lipinski definition) is 3. The molecule has 0 saturated heterocycles. The van der Waals surface area contributed by atoms with Crippen LogP contribution in [0.25, 0.3) is 11.1 Å². The lowest BCUT2D eigenvalue weighted by Gasteiger charge is -2.07. The van der Waals surface area contributed by atoms with Gasteiger partial charge in [0.15, 0.2) is 31.3 Å². The average molecular weight is 386 g/mol. The van der Waals surface area contributed by atoms with Crippen molar-refractivity contribution in [3.63, 3.8) is 0 Å². The van der Waals surface area contributed by atoms with Crippen molar-refractivity contribution in [1.82, 2.24) is 0 Å².